The molecule has 0 radical (unpaired) electrons. The average molecular weight is 159 g/mol. The van der Waals surface area contributed by atoms with E-state index < -0.39 is 0 Å². The third-order valence-electron chi connectivity index (χ3n) is 1.97. The molecule has 0 atom stereocenters. The van der Waals surface area contributed by atoms with Gasteiger partial charge in [0.15, 0.2) is 0 Å². The highest BCUT2D eigenvalue weighted by Crippen LogP contribution is 2.10. The third kappa shape index (κ3) is 6.28. The molecule has 3 heteroatoms. The van der Waals surface area contributed by atoms with Crippen molar-refractivity contribution in [3.8, 4) is 0 Å². The number of hydrogen-bond acceptors (Lipinski definition) is 3. The smallest absolute Gasteiger partial charge is 0.00488 e. The molecule has 0 bridgehead atoms. The topological polar surface area (TPSA) is 78.1 Å². The van der Waals surface area contributed by atoms with Gasteiger partial charge in [0.05, 0.1) is 0 Å². The zero-order valence-corrected chi connectivity index (χ0v) is 7.26. The molecule has 0 saturated heterocycles. The Kier molecular flexibility index (Phi) is 7.89. The SMILES string of the molecule is NCCCC(CN)CCCN. The van der Waals surface area contributed by atoms with Crippen molar-refractivity contribution in [3.63, 3.8) is 0 Å². The molecule has 0 spiro atoms. The second-order valence-corrected chi connectivity index (χ2v) is 2.96. The Bertz CT molecular complexity index is 67.7. The van der Waals surface area contributed by atoms with Crippen molar-refractivity contribution in [2.24, 2.45) is 23.1 Å². The minimum absolute atomic E-state index is 0.641. The van der Waals surface area contributed by atoms with Gasteiger partial charge in [-0.1, -0.05) is 0 Å². The van der Waals surface area contributed by atoms with Crippen molar-refractivity contribution in [2.75, 3.05) is 19.6 Å². The second kappa shape index (κ2) is 7.98. The van der Waals surface area contributed by atoms with Crippen molar-refractivity contribution >= 4 is 0 Å². The van der Waals surface area contributed by atoms with E-state index in [9.17, 15) is 0 Å². The minimum atomic E-state index is 0.641. The Morgan fingerprint density at radius 1 is 0.818 bits per heavy atom. The predicted molar refractivity (Wildman–Crippen MR) is 49.1 cm³/mol. The highest BCUT2D eigenvalue weighted by atomic mass is 14.6. The van der Waals surface area contributed by atoms with Crippen LogP contribution in [0.25, 0.3) is 0 Å². The first-order valence-electron chi connectivity index (χ1n) is 4.45. The molecule has 0 saturated carbocycles. The van der Waals surface area contributed by atoms with E-state index in [1.165, 1.54) is 0 Å². The number of rotatable bonds is 7. The summed E-state index contributed by atoms with van der Waals surface area (Å²) < 4.78 is 0. The molecule has 11 heavy (non-hydrogen) atoms. The van der Waals surface area contributed by atoms with Crippen LogP contribution in [0.3, 0.4) is 0 Å². The molecule has 0 aliphatic rings. The van der Waals surface area contributed by atoms with Crippen molar-refractivity contribution in [1.29, 1.82) is 0 Å². The Balaban J connectivity index is 3.25. The number of nitrogens with two attached hydrogens (primary N) is 3. The van der Waals surface area contributed by atoms with Gasteiger partial charge >= 0.3 is 0 Å². The largest absolute Gasteiger partial charge is 0.330 e. The van der Waals surface area contributed by atoms with E-state index in [1.54, 1.807) is 0 Å². The van der Waals surface area contributed by atoms with E-state index >= 15 is 0 Å². The quantitative estimate of drug-likeness (QED) is 0.491. The normalized spacial score (nSPS) is 10.9. The molecule has 0 rings (SSSR count). The summed E-state index contributed by atoms with van der Waals surface area (Å²) in [5.41, 5.74) is 16.4. The average Bonchev–Trinajstić information content (AvgIpc) is 2.05. The van der Waals surface area contributed by atoms with E-state index in [0.29, 0.717) is 5.92 Å². The summed E-state index contributed by atoms with van der Waals surface area (Å²) in [4.78, 5) is 0. The lowest BCUT2D eigenvalue weighted by molar-refractivity contribution is 0.439. The molecule has 3 nitrogen and oxygen atoms in total. The van der Waals surface area contributed by atoms with Gasteiger partial charge in [-0.05, 0) is 51.2 Å². The fourth-order valence-electron chi connectivity index (χ4n) is 1.19. The van der Waals surface area contributed by atoms with E-state index in [1.807, 2.05) is 0 Å². The standard InChI is InChI=1S/C8H21N3/c9-5-1-3-8(7-11)4-2-6-10/h8H,1-7,9-11H2. The van der Waals surface area contributed by atoms with Crippen LogP contribution in [0.5, 0.6) is 0 Å². The highest BCUT2D eigenvalue weighted by molar-refractivity contribution is 4.60. The molecule has 0 unspecified atom stereocenters. The molecule has 0 heterocycles. The third-order valence-corrected chi connectivity index (χ3v) is 1.97. The molecule has 0 aromatic carbocycles. The van der Waals surface area contributed by atoms with Crippen LogP contribution in [0.4, 0.5) is 0 Å². The van der Waals surface area contributed by atoms with Gasteiger partial charge in [0.25, 0.3) is 0 Å². The number of hydrogen-bond donors (Lipinski definition) is 3. The van der Waals surface area contributed by atoms with Crippen LogP contribution in [-0.2, 0) is 0 Å². The Morgan fingerprint density at radius 2 is 1.27 bits per heavy atom. The first kappa shape index (κ1) is 10.9. The fourth-order valence-corrected chi connectivity index (χ4v) is 1.19. The van der Waals surface area contributed by atoms with Crippen LogP contribution >= 0.6 is 0 Å². The summed E-state index contributed by atoms with van der Waals surface area (Å²) in [5, 5.41) is 0. The van der Waals surface area contributed by atoms with Gasteiger partial charge in [-0.25, -0.2) is 0 Å². The predicted octanol–water partition coefficient (Wildman–Crippen LogP) is 0.0391. The molecule has 0 aliphatic heterocycles. The Labute approximate surface area is 69.3 Å². The summed E-state index contributed by atoms with van der Waals surface area (Å²) in [6.07, 6.45) is 4.50. The zero-order valence-electron chi connectivity index (χ0n) is 7.26. The summed E-state index contributed by atoms with van der Waals surface area (Å²) >= 11 is 0. The van der Waals surface area contributed by atoms with Gasteiger partial charge in [-0.3, -0.25) is 0 Å². The summed E-state index contributed by atoms with van der Waals surface area (Å²) in [5.74, 6) is 0.641. The van der Waals surface area contributed by atoms with Crippen molar-refractivity contribution in [1.82, 2.24) is 0 Å². The van der Waals surface area contributed by atoms with Gasteiger partial charge in [0.2, 0.25) is 0 Å². The van der Waals surface area contributed by atoms with Crippen molar-refractivity contribution in [2.45, 2.75) is 25.7 Å². The van der Waals surface area contributed by atoms with Crippen LogP contribution in [0.2, 0.25) is 0 Å². The molecule has 0 fully saturated rings. The van der Waals surface area contributed by atoms with Gasteiger partial charge in [0, 0.05) is 0 Å². The first-order chi connectivity index (χ1) is 5.35. The zero-order chi connectivity index (χ0) is 8.53. The maximum Gasteiger partial charge on any atom is -0.00488 e. The second-order valence-electron chi connectivity index (χ2n) is 2.96. The molecule has 0 amide bonds. The monoisotopic (exact) mass is 159 g/mol. The van der Waals surface area contributed by atoms with Gasteiger partial charge in [0.1, 0.15) is 0 Å². The lowest BCUT2D eigenvalue weighted by Crippen LogP contribution is -2.17. The summed E-state index contributed by atoms with van der Waals surface area (Å²) in [7, 11) is 0. The van der Waals surface area contributed by atoms with Crippen molar-refractivity contribution < 1.29 is 0 Å². The van der Waals surface area contributed by atoms with Crippen LogP contribution in [0, 0.1) is 5.92 Å². The molecule has 0 aromatic heterocycles. The van der Waals surface area contributed by atoms with Crippen LogP contribution in [0.1, 0.15) is 25.7 Å². The summed E-state index contributed by atoms with van der Waals surface area (Å²) in [6.45, 7) is 2.33. The molecule has 6 N–H and O–H groups in total. The molecule has 68 valence electrons. The first-order valence-corrected chi connectivity index (χ1v) is 4.45. The highest BCUT2D eigenvalue weighted by Gasteiger charge is 2.04. The van der Waals surface area contributed by atoms with Crippen LogP contribution in [0.15, 0.2) is 0 Å². The van der Waals surface area contributed by atoms with E-state index in [2.05, 4.69) is 0 Å². The Morgan fingerprint density at radius 3 is 1.55 bits per heavy atom. The van der Waals surface area contributed by atoms with Crippen LogP contribution in [-0.4, -0.2) is 19.6 Å². The molecule has 0 aromatic rings. The van der Waals surface area contributed by atoms with Gasteiger partial charge in [-0.15, -0.1) is 0 Å². The van der Waals surface area contributed by atoms with E-state index in [4.69, 9.17) is 17.2 Å². The van der Waals surface area contributed by atoms with Crippen molar-refractivity contribution in [3.05, 3.63) is 0 Å². The molecular formula is C8H21N3. The maximum atomic E-state index is 5.57. The molecule has 0 aliphatic carbocycles. The van der Waals surface area contributed by atoms with Gasteiger partial charge < -0.3 is 17.2 Å². The van der Waals surface area contributed by atoms with Gasteiger partial charge in [-0.2, -0.15) is 0 Å². The lowest BCUT2D eigenvalue weighted by atomic mass is 9.98. The fraction of sp³-hybridized carbons (Fsp3) is 1.00. The van der Waals surface area contributed by atoms with Crippen LogP contribution < -0.4 is 17.2 Å². The Hall–Kier alpha value is -0.120. The maximum absolute atomic E-state index is 5.57. The lowest BCUT2D eigenvalue weighted by Gasteiger charge is -2.12. The molecular weight excluding hydrogens is 138 g/mol. The van der Waals surface area contributed by atoms with E-state index in [0.717, 1.165) is 45.3 Å². The summed E-state index contributed by atoms with van der Waals surface area (Å²) in [6, 6.07) is 0. The minimum Gasteiger partial charge on any atom is -0.330 e. The van der Waals surface area contributed by atoms with E-state index in [-0.39, 0.29) is 0 Å².